The van der Waals surface area contributed by atoms with Crippen molar-refractivity contribution in [3.8, 4) is 11.8 Å². The highest BCUT2D eigenvalue weighted by atomic mass is 32.2. The zero-order chi connectivity index (χ0) is 19.1. The van der Waals surface area contributed by atoms with Crippen LogP contribution in [0.3, 0.4) is 0 Å². The van der Waals surface area contributed by atoms with Gasteiger partial charge in [-0.25, -0.2) is 4.79 Å². The Morgan fingerprint density at radius 3 is 1.78 bits per heavy atom. The topological polar surface area (TPSA) is 26.3 Å². The zero-order valence-corrected chi connectivity index (χ0v) is 16.2. The number of benzene rings is 3. The lowest BCUT2D eigenvalue weighted by molar-refractivity contribution is 0.0438. The SMILES string of the molecule is CC#CC(C)OC(=O)c1ccc([S+](c2ccccc2)c2ccccc2)cc1. The first-order chi connectivity index (χ1) is 13.2. The standard InChI is InChI=1S/C24H21O2S/c1-3-10-19(2)26-24(25)20-15-17-23(18-16-20)27(21-11-6-4-7-12-21)22-13-8-5-9-14-22/h4-9,11-19H,1-2H3/q+1. The third-order valence-electron chi connectivity index (χ3n) is 3.91. The van der Waals surface area contributed by atoms with Crippen LogP contribution in [0.4, 0.5) is 0 Å². The second kappa shape index (κ2) is 9.12. The summed E-state index contributed by atoms with van der Waals surface area (Å²) in [5.74, 6) is 5.23. The van der Waals surface area contributed by atoms with Gasteiger partial charge >= 0.3 is 5.97 Å². The van der Waals surface area contributed by atoms with Gasteiger partial charge in [-0.3, -0.25) is 0 Å². The lowest BCUT2D eigenvalue weighted by Crippen LogP contribution is -2.13. The Balaban J connectivity index is 1.90. The van der Waals surface area contributed by atoms with Gasteiger partial charge in [-0.2, -0.15) is 0 Å². The normalized spacial score (nSPS) is 11.4. The van der Waals surface area contributed by atoms with Crippen LogP contribution < -0.4 is 0 Å². The Morgan fingerprint density at radius 2 is 1.30 bits per heavy atom. The molecule has 0 radical (unpaired) electrons. The van der Waals surface area contributed by atoms with Gasteiger partial charge in [-0.1, -0.05) is 42.3 Å². The fraction of sp³-hybridized carbons (Fsp3) is 0.125. The highest BCUT2D eigenvalue weighted by molar-refractivity contribution is 7.97. The van der Waals surface area contributed by atoms with E-state index in [4.69, 9.17) is 4.74 Å². The minimum atomic E-state index is -0.412. The largest absolute Gasteiger partial charge is 0.446 e. The first-order valence-electron chi connectivity index (χ1n) is 8.77. The number of ether oxygens (including phenoxy) is 1. The van der Waals surface area contributed by atoms with Crippen molar-refractivity contribution >= 4 is 16.9 Å². The highest BCUT2D eigenvalue weighted by Gasteiger charge is 2.28. The van der Waals surface area contributed by atoms with Gasteiger partial charge in [0.05, 0.1) is 16.5 Å². The van der Waals surface area contributed by atoms with Gasteiger partial charge in [-0.05, 0) is 62.4 Å². The minimum absolute atomic E-state index is 0.224. The van der Waals surface area contributed by atoms with E-state index >= 15 is 0 Å². The van der Waals surface area contributed by atoms with Crippen molar-refractivity contribution in [1.82, 2.24) is 0 Å². The van der Waals surface area contributed by atoms with Crippen LogP contribution in [0, 0.1) is 11.8 Å². The predicted molar refractivity (Wildman–Crippen MR) is 110 cm³/mol. The van der Waals surface area contributed by atoms with Crippen LogP contribution in [0.15, 0.2) is 99.6 Å². The molecule has 0 aliphatic rings. The third-order valence-corrected chi connectivity index (χ3v) is 6.15. The quantitative estimate of drug-likeness (QED) is 0.342. The van der Waals surface area contributed by atoms with Crippen LogP contribution in [0.2, 0.25) is 0 Å². The molecule has 0 bridgehead atoms. The number of carbonyl (C=O) groups is 1. The molecule has 2 nitrogen and oxygen atoms in total. The van der Waals surface area contributed by atoms with Gasteiger partial charge < -0.3 is 4.74 Å². The molecular formula is C24H21O2S+. The molecule has 0 saturated carbocycles. The van der Waals surface area contributed by atoms with Crippen LogP contribution >= 0.6 is 0 Å². The van der Waals surface area contributed by atoms with E-state index in [1.807, 2.05) is 36.4 Å². The smallest absolute Gasteiger partial charge is 0.339 e. The fourth-order valence-corrected chi connectivity index (χ4v) is 4.79. The van der Waals surface area contributed by atoms with Crippen LogP contribution in [0.5, 0.6) is 0 Å². The van der Waals surface area contributed by atoms with E-state index in [1.165, 1.54) is 9.79 Å². The number of rotatable bonds is 5. The summed E-state index contributed by atoms with van der Waals surface area (Å²) in [6.45, 7) is 3.50. The van der Waals surface area contributed by atoms with Crippen molar-refractivity contribution in [3.63, 3.8) is 0 Å². The van der Waals surface area contributed by atoms with E-state index in [1.54, 1.807) is 13.8 Å². The van der Waals surface area contributed by atoms with Gasteiger partial charge in [0.15, 0.2) is 20.8 Å². The van der Waals surface area contributed by atoms with Gasteiger partial charge in [0.25, 0.3) is 0 Å². The lowest BCUT2D eigenvalue weighted by Gasteiger charge is -2.09. The average Bonchev–Trinajstić information content (AvgIpc) is 2.70. The molecule has 0 aromatic heterocycles. The fourth-order valence-electron chi connectivity index (χ4n) is 2.71. The highest BCUT2D eigenvalue weighted by Crippen LogP contribution is 2.31. The summed E-state index contributed by atoms with van der Waals surface area (Å²) in [6, 6.07) is 28.5. The Morgan fingerprint density at radius 1 is 0.815 bits per heavy atom. The summed E-state index contributed by atoms with van der Waals surface area (Å²) < 4.78 is 5.34. The van der Waals surface area contributed by atoms with E-state index in [0.717, 1.165) is 4.90 Å². The molecule has 0 heterocycles. The molecule has 3 aromatic carbocycles. The maximum atomic E-state index is 12.3. The van der Waals surface area contributed by atoms with Crippen molar-refractivity contribution in [2.75, 3.05) is 0 Å². The summed E-state index contributed by atoms with van der Waals surface area (Å²) in [4.78, 5) is 15.9. The molecule has 1 unspecified atom stereocenters. The Kier molecular flexibility index (Phi) is 6.35. The maximum Gasteiger partial charge on any atom is 0.339 e. The van der Waals surface area contributed by atoms with E-state index in [0.29, 0.717) is 5.56 Å². The van der Waals surface area contributed by atoms with Gasteiger partial charge in [0.1, 0.15) is 0 Å². The number of hydrogen-bond donors (Lipinski definition) is 0. The predicted octanol–water partition coefficient (Wildman–Crippen LogP) is 5.35. The maximum absolute atomic E-state index is 12.3. The first-order valence-corrected chi connectivity index (χ1v) is 9.99. The van der Waals surface area contributed by atoms with Crippen LogP contribution in [-0.4, -0.2) is 12.1 Å². The molecule has 1 atom stereocenters. The second-order valence-corrected chi connectivity index (χ2v) is 7.93. The summed E-state index contributed by atoms with van der Waals surface area (Å²) in [5.41, 5.74) is 0.535. The minimum Gasteiger partial charge on any atom is -0.446 e. The summed E-state index contributed by atoms with van der Waals surface area (Å²) in [6.07, 6.45) is -0.412. The second-order valence-electron chi connectivity index (χ2n) is 5.90. The molecule has 3 heteroatoms. The molecular weight excluding hydrogens is 352 g/mol. The number of carbonyl (C=O) groups excluding carboxylic acids is 1. The zero-order valence-electron chi connectivity index (χ0n) is 15.4. The summed E-state index contributed by atoms with van der Waals surface area (Å²) in [7, 11) is -0.224. The molecule has 3 aromatic rings. The molecule has 0 aliphatic heterocycles. The van der Waals surface area contributed by atoms with E-state index in [-0.39, 0.29) is 16.9 Å². The number of hydrogen-bond acceptors (Lipinski definition) is 2. The molecule has 0 N–H and O–H groups in total. The molecule has 0 aliphatic carbocycles. The van der Waals surface area contributed by atoms with E-state index < -0.39 is 6.10 Å². The van der Waals surface area contributed by atoms with Crippen molar-refractivity contribution in [2.45, 2.75) is 34.6 Å². The lowest BCUT2D eigenvalue weighted by atomic mass is 10.2. The van der Waals surface area contributed by atoms with Crippen molar-refractivity contribution in [2.24, 2.45) is 0 Å². The van der Waals surface area contributed by atoms with E-state index in [2.05, 4.69) is 60.4 Å². The van der Waals surface area contributed by atoms with Crippen LogP contribution in [0.25, 0.3) is 0 Å². The molecule has 3 rings (SSSR count). The van der Waals surface area contributed by atoms with Crippen LogP contribution in [0.1, 0.15) is 24.2 Å². The third kappa shape index (κ3) is 4.81. The molecule has 0 saturated heterocycles. The summed E-state index contributed by atoms with van der Waals surface area (Å²) in [5, 5.41) is 0. The van der Waals surface area contributed by atoms with Crippen molar-refractivity contribution in [3.05, 3.63) is 90.5 Å². The van der Waals surface area contributed by atoms with Crippen molar-refractivity contribution in [1.29, 1.82) is 0 Å². The average molecular weight is 373 g/mol. The Bertz CT molecular complexity index is 899. The molecule has 0 fully saturated rings. The Labute approximate surface area is 163 Å². The molecule has 0 amide bonds. The van der Waals surface area contributed by atoms with Gasteiger partial charge in [0, 0.05) is 0 Å². The number of esters is 1. The van der Waals surface area contributed by atoms with Gasteiger partial charge in [0.2, 0.25) is 0 Å². The first kappa shape index (κ1) is 18.8. The molecule has 134 valence electrons. The summed E-state index contributed by atoms with van der Waals surface area (Å²) >= 11 is 0. The van der Waals surface area contributed by atoms with Crippen LogP contribution in [-0.2, 0) is 15.6 Å². The molecule has 0 spiro atoms. The monoisotopic (exact) mass is 373 g/mol. The molecule has 27 heavy (non-hydrogen) atoms. The van der Waals surface area contributed by atoms with Gasteiger partial charge in [-0.15, -0.1) is 5.92 Å². The van der Waals surface area contributed by atoms with Crippen molar-refractivity contribution < 1.29 is 9.53 Å². The van der Waals surface area contributed by atoms with E-state index in [9.17, 15) is 4.79 Å². The Hall–Kier alpha value is -2.96.